The van der Waals surface area contributed by atoms with Crippen molar-refractivity contribution < 1.29 is 24.5 Å². The van der Waals surface area contributed by atoms with Crippen molar-refractivity contribution in [2.24, 2.45) is 5.92 Å². The summed E-state index contributed by atoms with van der Waals surface area (Å²) in [5.41, 5.74) is -0.372. The number of ether oxygens (including phenoxy) is 1. The molecule has 6 heteroatoms. The third kappa shape index (κ3) is 3.73. The Labute approximate surface area is 104 Å². The molecule has 0 aliphatic carbocycles. The summed E-state index contributed by atoms with van der Waals surface area (Å²) in [5, 5.41) is 17.7. The van der Waals surface area contributed by atoms with Crippen LogP contribution in [0.5, 0.6) is 5.75 Å². The predicted octanol–water partition coefficient (Wildman–Crippen LogP) is 1.90. The van der Waals surface area contributed by atoms with Crippen molar-refractivity contribution in [1.29, 1.82) is 0 Å². The zero-order chi connectivity index (χ0) is 13.7. The fraction of sp³-hybridized carbons (Fsp3) is 0.417. The number of hydrogen-bond donors (Lipinski definition) is 2. The van der Waals surface area contributed by atoms with Crippen molar-refractivity contribution in [3.63, 3.8) is 0 Å². The first kappa shape index (κ1) is 14.0. The number of aromatic carboxylic acids is 2. The van der Waals surface area contributed by atoms with Gasteiger partial charge < -0.3 is 14.9 Å². The summed E-state index contributed by atoms with van der Waals surface area (Å²) in [6, 6.07) is 1.18. The highest BCUT2D eigenvalue weighted by molar-refractivity contribution is 5.92. The first-order chi connectivity index (χ1) is 8.41. The molecule has 1 rings (SSSR count). The minimum Gasteiger partial charge on any atom is -0.491 e. The fourth-order valence-corrected chi connectivity index (χ4v) is 1.24. The van der Waals surface area contributed by atoms with E-state index in [4.69, 9.17) is 14.9 Å². The molecule has 18 heavy (non-hydrogen) atoms. The molecule has 1 heterocycles. The van der Waals surface area contributed by atoms with Crippen molar-refractivity contribution in [3.8, 4) is 5.75 Å². The number of pyridine rings is 1. The highest BCUT2D eigenvalue weighted by atomic mass is 16.5. The van der Waals surface area contributed by atoms with Gasteiger partial charge in [-0.3, -0.25) is 0 Å². The molecule has 0 spiro atoms. The minimum absolute atomic E-state index is 0.0111. The highest BCUT2D eigenvalue weighted by Gasteiger charge is 2.16. The third-order valence-corrected chi connectivity index (χ3v) is 2.26. The topological polar surface area (TPSA) is 96.7 Å². The van der Waals surface area contributed by atoms with E-state index in [1.807, 2.05) is 13.8 Å². The second-order valence-corrected chi connectivity index (χ2v) is 4.21. The number of rotatable bonds is 6. The van der Waals surface area contributed by atoms with Crippen molar-refractivity contribution in [1.82, 2.24) is 4.98 Å². The maximum Gasteiger partial charge on any atom is 0.358 e. The SMILES string of the molecule is CC(C)CCOc1cc(C(=O)O)cnc1C(=O)O. The van der Waals surface area contributed by atoms with E-state index in [1.165, 1.54) is 6.07 Å². The number of aromatic nitrogens is 1. The van der Waals surface area contributed by atoms with Gasteiger partial charge in [0.1, 0.15) is 0 Å². The Hall–Kier alpha value is -2.11. The summed E-state index contributed by atoms with van der Waals surface area (Å²) in [6.07, 6.45) is 1.75. The summed E-state index contributed by atoms with van der Waals surface area (Å²) in [7, 11) is 0. The van der Waals surface area contributed by atoms with E-state index in [9.17, 15) is 9.59 Å². The van der Waals surface area contributed by atoms with E-state index >= 15 is 0 Å². The molecule has 0 amide bonds. The second-order valence-electron chi connectivity index (χ2n) is 4.21. The molecule has 1 aromatic heterocycles. The molecule has 1 aromatic rings. The van der Waals surface area contributed by atoms with Crippen molar-refractivity contribution in [2.45, 2.75) is 20.3 Å². The molecule has 0 bridgehead atoms. The van der Waals surface area contributed by atoms with Crippen LogP contribution in [0.2, 0.25) is 0 Å². The maximum absolute atomic E-state index is 10.9. The second kappa shape index (κ2) is 6.00. The standard InChI is InChI=1S/C12H15NO5/c1-7(2)3-4-18-9-5-8(11(14)15)6-13-10(9)12(16)17/h5-7H,3-4H2,1-2H3,(H,14,15)(H,16,17). The van der Waals surface area contributed by atoms with E-state index in [0.29, 0.717) is 12.5 Å². The van der Waals surface area contributed by atoms with Crippen molar-refractivity contribution in [2.75, 3.05) is 6.61 Å². The van der Waals surface area contributed by atoms with E-state index in [-0.39, 0.29) is 17.0 Å². The van der Waals surface area contributed by atoms with Crippen LogP contribution in [0, 0.1) is 5.92 Å². The van der Waals surface area contributed by atoms with Crippen LogP contribution in [0.3, 0.4) is 0 Å². The number of nitrogens with zero attached hydrogens (tertiary/aromatic N) is 1. The zero-order valence-corrected chi connectivity index (χ0v) is 10.2. The van der Waals surface area contributed by atoms with Crippen molar-refractivity contribution >= 4 is 11.9 Å². The lowest BCUT2D eigenvalue weighted by atomic mass is 10.1. The van der Waals surface area contributed by atoms with Gasteiger partial charge in [-0.15, -0.1) is 0 Å². The summed E-state index contributed by atoms with van der Waals surface area (Å²) in [6.45, 7) is 4.34. The Morgan fingerprint density at radius 3 is 2.50 bits per heavy atom. The average molecular weight is 253 g/mol. The number of carboxylic acid groups (broad SMARTS) is 2. The van der Waals surface area contributed by atoms with Gasteiger partial charge in [0.2, 0.25) is 0 Å². The molecule has 0 saturated heterocycles. The molecule has 0 radical (unpaired) electrons. The Bertz CT molecular complexity index is 456. The molecule has 2 N–H and O–H groups in total. The van der Waals surface area contributed by atoms with Gasteiger partial charge in [0, 0.05) is 6.20 Å². The predicted molar refractivity (Wildman–Crippen MR) is 63.1 cm³/mol. The molecule has 0 aliphatic heterocycles. The van der Waals surface area contributed by atoms with Gasteiger partial charge in [-0.2, -0.15) is 0 Å². The van der Waals surface area contributed by atoms with Gasteiger partial charge >= 0.3 is 11.9 Å². The quantitative estimate of drug-likeness (QED) is 0.803. The summed E-state index contributed by atoms with van der Waals surface area (Å²) in [5.74, 6) is -2.02. The largest absolute Gasteiger partial charge is 0.491 e. The van der Waals surface area contributed by atoms with Gasteiger partial charge in [0.25, 0.3) is 0 Å². The van der Waals surface area contributed by atoms with E-state index < -0.39 is 11.9 Å². The smallest absolute Gasteiger partial charge is 0.358 e. The molecule has 0 unspecified atom stereocenters. The lowest BCUT2D eigenvalue weighted by Gasteiger charge is -2.10. The van der Waals surface area contributed by atoms with E-state index in [1.54, 1.807) is 0 Å². The van der Waals surface area contributed by atoms with Gasteiger partial charge in [-0.05, 0) is 18.4 Å². The Morgan fingerprint density at radius 1 is 1.33 bits per heavy atom. The number of carboxylic acids is 2. The molecule has 6 nitrogen and oxygen atoms in total. The lowest BCUT2D eigenvalue weighted by molar-refractivity contribution is 0.0670. The van der Waals surface area contributed by atoms with Gasteiger partial charge in [0.05, 0.1) is 12.2 Å². The van der Waals surface area contributed by atoms with E-state index in [0.717, 1.165) is 12.6 Å². The summed E-state index contributed by atoms with van der Waals surface area (Å²) in [4.78, 5) is 25.3. The highest BCUT2D eigenvalue weighted by Crippen LogP contribution is 2.19. The Balaban J connectivity index is 2.93. The molecule has 0 aliphatic rings. The average Bonchev–Trinajstić information content (AvgIpc) is 2.27. The van der Waals surface area contributed by atoms with Crippen LogP contribution in [-0.2, 0) is 0 Å². The van der Waals surface area contributed by atoms with Crippen molar-refractivity contribution in [3.05, 3.63) is 23.5 Å². The zero-order valence-electron chi connectivity index (χ0n) is 10.2. The normalized spacial score (nSPS) is 10.4. The lowest BCUT2D eigenvalue weighted by Crippen LogP contribution is -2.10. The van der Waals surface area contributed by atoms with Crippen LogP contribution < -0.4 is 4.74 Å². The van der Waals surface area contributed by atoms with Crippen LogP contribution in [0.25, 0.3) is 0 Å². The molecule has 0 atom stereocenters. The van der Waals surface area contributed by atoms with Gasteiger partial charge in [-0.25, -0.2) is 14.6 Å². The Morgan fingerprint density at radius 2 is 2.00 bits per heavy atom. The fourth-order valence-electron chi connectivity index (χ4n) is 1.24. The number of carbonyl (C=O) groups is 2. The summed E-state index contributed by atoms with van der Waals surface area (Å²) < 4.78 is 5.29. The molecular formula is C12H15NO5. The van der Waals surface area contributed by atoms with Crippen LogP contribution >= 0.6 is 0 Å². The first-order valence-corrected chi connectivity index (χ1v) is 5.51. The van der Waals surface area contributed by atoms with E-state index in [2.05, 4.69) is 4.98 Å². The molecule has 0 saturated carbocycles. The molecule has 98 valence electrons. The van der Waals surface area contributed by atoms with Crippen LogP contribution in [0.4, 0.5) is 0 Å². The molecular weight excluding hydrogens is 238 g/mol. The first-order valence-electron chi connectivity index (χ1n) is 5.51. The number of hydrogen-bond acceptors (Lipinski definition) is 4. The molecule has 0 fully saturated rings. The van der Waals surface area contributed by atoms with Crippen LogP contribution in [0.15, 0.2) is 12.3 Å². The van der Waals surface area contributed by atoms with Gasteiger partial charge in [-0.1, -0.05) is 13.8 Å². The van der Waals surface area contributed by atoms with Crippen LogP contribution in [0.1, 0.15) is 41.1 Å². The third-order valence-electron chi connectivity index (χ3n) is 2.26. The van der Waals surface area contributed by atoms with Gasteiger partial charge in [0.15, 0.2) is 11.4 Å². The van der Waals surface area contributed by atoms with Crippen LogP contribution in [-0.4, -0.2) is 33.7 Å². The maximum atomic E-state index is 10.9. The monoisotopic (exact) mass is 253 g/mol. The minimum atomic E-state index is -1.24. The Kier molecular flexibility index (Phi) is 4.65. The molecule has 0 aromatic carbocycles. The summed E-state index contributed by atoms with van der Waals surface area (Å²) >= 11 is 0.